The highest BCUT2D eigenvalue weighted by Crippen LogP contribution is 2.19. The van der Waals surface area contributed by atoms with Crippen molar-refractivity contribution in [3.8, 4) is 5.75 Å². The number of hydrogen-bond acceptors (Lipinski definition) is 3. The number of ether oxygens (including phenoxy) is 1. The molecular formula is C14H17ClF3N3O. The maximum atomic E-state index is 12.4. The van der Waals surface area contributed by atoms with Crippen LogP contribution in [0.2, 0.25) is 0 Å². The molecule has 1 aromatic carbocycles. The molecule has 22 heavy (non-hydrogen) atoms. The van der Waals surface area contributed by atoms with E-state index < -0.39 is 12.7 Å². The van der Waals surface area contributed by atoms with E-state index in [0.717, 1.165) is 16.0 Å². The van der Waals surface area contributed by atoms with E-state index in [4.69, 9.17) is 4.74 Å². The quantitative estimate of drug-likeness (QED) is 0.881. The lowest BCUT2D eigenvalue weighted by Crippen LogP contribution is -2.23. The van der Waals surface area contributed by atoms with E-state index >= 15 is 0 Å². The van der Waals surface area contributed by atoms with E-state index in [-0.39, 0.29) is 12.4 Å². The van der Waals surface area contributed by atoms with Crippen molar-refractivity contribution < 1.29 is 17.9 Å². The van der Waals surface area contributed by atoms with Crippen molar-refractivity contribution in [3.63, 3.8) is 0 Å². The van der Waals surface area contributed by atoms with E-state index in [0.29, 0.717) is 18.8 Å². The molecule has 0 fully saturated rings. The molecule has 0 aliphatic carbocycles. The lowest BCUT2D eigenvalue weighted by Gasteiger charge is -2.12. The first-order valence-corrected chi connectivity index (χ1v) is 6.39. The third-order valence-corrected chi connectivity index (χ3v) is 2.95. The highest BCUT2D eigenvalue weighted by molar-refractivity contribution is 5.85. The molecule has 2 rings (SSSR count). The smallest absolute Gasteiger partial charge is 0.408 e. The minimum atomic E-state index is -4.27. The Morgan fingerprint density at radius 3 is 2.59 bits per heavy atom. The summed E-state index contributed by atoms with van der Waals surface area (Å²) in [4.78, 5) is 0. The average Bonchev–Trinajstić information content (AvgIpc) is 2.84. The Morgan fingerprint density at radius 1 is 1.18 bits per heavy atom. The number of halogens is 4. The van der Waals surface area contributed by atoms with E-state index in [1.165, 1.54) is 6.20 Å². The van der Waals surface area contributed by atoms with Gasteiger partial charge in [-0.1, -0.05) is 18.2 Å². The lowest BCUT2D eigenvalue weighted by molar-refractivity contribution is -0.143. The third-order valence-electron chi connectivity index (χ3n) is 2.95. The van der Waals surface area contributed by atoms with Gasteiger partial charge in [-0.05, 0) is 12.1 Å². The Morgan fingerprint density at radius 2 is 1.91 bits per heavy atom. The van der Waals surface area contributed by atoms with Gasteiger partial charge in [0.1, 0.15) is 12.3 Å². The standard InChI is InChI=1S/C14H16F3N3O.ClH/c1-21-13-5-3-2-4-11(13)8-18-9-12-6-7-19-20(12)10-14(15,16)17;/h2-7,18H,8-10H2,1H3;1H. The van der Waals surface area contributed by atoms with Crippen LogP contribution >= 0.6 is 12.4 Å². The molecule has 1 aromatic heterocycles. The lowest BCUT2D eigenvalue weighted by atomic mass is 10.2. The molecule has 8 heteroatoms. The molecule has 2 aromatic rings. The summed E-state index contributed by atoms with van der Waals surface area (Å²) in [5, 5.41) is 6.79. The minimum absolute atomic E-state index is 0. The summed E-state index contributed by atoms with van der Waals surface area (Å²) < 4.78 is 43.3. The molecule has 0 unspecified atom stereocenters. The number of nitrogens with zero attached hydrogens (tertiary/aromatic N) is 2. The van der Waals surface area contributed by atoms with Crippen molar-refractivity contribution in [2.75, 3.05) is 7.11 Å². The van der Waals surface area contributed by atoms with Crippen molar-refractivity contribution >= 4 is 12.4 Å². The first-order valence-electron chi connectivity index (χ1n) is 6.39. The second-order valence-electron chi connectivity index (χ2n) is 4.51. The summed E-state index contributed by atoms with van der Waals surface area (Å²) in [5.41, 5.74) is 1.43. The van der Waals surface area contributed by atoms with Gasteiger partial charge in [-0.15, -0.1) is 12.4 Å². The van der Waals surface area contributed by atoms with Gasteiger partial charge in [0, 0.05) is 24.8 Å². The fourth-order valence-electron chi connectivity index (χ4n) is 2.00. The molecule has 1 heterocycles. The summed E-state index contributed by atoms with van der Waals surface area (Å²) in [6.07, 6.45) is -2.91. The second kappa shape index (κ2) is 8.05. The molecule has 122 valence electrons. The van der Waals surface area contributed by atoms with Crippen molar-refractivity contribution in [2.24, 2.45) is 0 Å². The van der Waals surface area contributed by atoms with Crippen LogP contribution in [0.15, 0.2) is 36.5 Å². The number of alkyl halides is 3. The molecule has 0 amide bonds. The van der Waals surface area contributed by atoms with Gasteiger partial charge < -0.3 is 10.1 Å². The highest BCUT2D eigenvalue weighted by atomic mass is 35.5. The van der Waals surface area contributed by atoms with Crippen LogP contribution in [0.1, 0.15) is 11.3 Å². The number of rotatable bonds is 6. The Bertz CT molecular complexity index is 587. The average molecular weight is 336 g/mol. The van der Waals surface area contributed by atoms with E-state index in [2.05, 4.69) is 10.4 Å². The Balaban J connectivity index is 0.00000242. The molecule has 0 bridgehead atoms. The molecule has 0 radical (unpaired) electrons. The summed E-state index contributed by atoms with van der Waals surface area (Å²) in [6.45, 7) is -0.277. The summed E-state index contributed by atoms with van der Waals surface area (Å²) in [5.74, 6) is 0.744. The molecule has 0 aliphatic rings. The number of aromatic nitrogens is 2. The van der Waals surface area contributed by atoms with Crippen molar-refractivity contribution in [1.82, 2.24) is 15.1 Å². The third kappa shape index (κ3) is 5.23. The van der Waals surface area contributed by atoms with Crippen LogP contribution in [-0.2, 0) is 19.6 Å². The van der Waals surface area contributed by atoms with Crippen molar-refractivity contribution in [3.05, 3.63) is 47.8 Å². The molecule has 0 saturated heterocycles. The van der Waals surface area contributed by atoms with E-state index in [9.17, 15) is 13.2 Å². The van der Waals surface area contributed by atoms with Gasteiger partial charge >= 0.3 is 6.18 Å². The molecule has 0 saturated carbocycles. The second-order valence-corrected chi connectivity index (χ2v) is 4.51. The van der Waals surface area contributed by atoms with Crippen LogP contribution in [-0.4, -0.2) is 23.1 Å². The van der Waals surface area contributed by atoms with Crippen LogP contribution in [0.25, 0.3) is 0 Å². The molecule has 0 aliphatic heterocycles. The van der Waals surface area contributed by atoms with Gasteiger partial charge in [-0.25, -0.2) is 0 Å². The highest BCUT2D eigenvalue weighted by Gasteiger charge is 2.29. The zero-order chi connectivity index (χ0) is 15.3. The fourth-order valence-corrected chi connectivity index (χ4v) is 2.00. The van der Waals surface area contributed by atoms with Crippen LogP contribution in [0.4, 0.5) is 13.2 Å². The van der Waals surface area contributed by atoms with Crippen molar-refractivity contribution in [2.45, 2.75) is 25.8 Å². The fraction of sp³-hybridized carbons (Fsp3) is 0.357. The summed E-state index contributed by atoms with van der Waals surface area (Å²) >= 11 is 0. The van der Waals surface area contributed by atoms with Crippen molar-refractivity contribution in [1.29, 1.82) is 0 Å². The van der Waals surface area contributed by atoms with Gasteiger partial charge in [0.05, 0.1) is 12.8 Å². The van der Waals surface area contributed by atoms with Crippen LogP contribution in [0.5, 0.6) is 5.75 Å². The van der Waals surface area contributed by atoms with Gasteiger partial charge in [0.25, 0.3) is 0 Å². The summed E-state index contributed by atoms with van der Waals surface area (Å²) in [7, 11) is 1.58. The Kier molecular flexibility index (Phi) is 6.70. The SMILES string of the molecule is COc1ccccc1CNCc1ccnn1CC(F)(F)F.Cl. The van der Waals surface area contributed by atoms with E-state index in [1.807, 2.05) is 24.3 Å². The number of hydrogen-bond donors (Lipinski definition) is 1. The predicted molar refractivity (Wildman–Crippen MR) is 79.1 cm³/mol. The minimum Gasteiger partial charge on any atom is -0.496 e. The van der Waals surface area contributed by atoms with Gasteiger partial charge in [0.15, 0.2) is 0 Å². The maximum absolute atomic E-state index is 12.4. The molecule has 0 atom stereocenters. The molecule has 0 spiro atoms. The maximum Gasteiger partial charge on any atom is 0.408 e. The van der Waals surface area contributed by atoms with Crippen LogP contribution < -0.4 is 10.1 Å². The number of methoxy groups -OCH3 is 1. The molecule has 1 N–H and O–H groups in total. The topological polar surface area (TPSA) is 39.1 Å². The molecule has 4 nitrogen and oxygen atoms in total. The summed E-state index contributed by atoms with van der Waals surface area (Å²) in [6, 6.07) is 9.05. The first kappa shape index (κ1) is 18.3. The number of nitrogens with one attached hydrogen (secondary N) is 1. The first-order chi connectivity index (χ1) is 9.99. The number of para-hydroxylation sites is 1. The van der Waals surface area contributed by atoms with E-state index in [1.54, 1.807) is 13.2 Å². The monoisotopic (exact) mass is 335 g/mol. The normalized spacial score (nSPS) is 11.1. The van der Waals surface area contributed by atoms with Gasteiger partial charge in [-0.2, -0.15) is 18.3 Å². The zero-order valence-corrected chi connectivity index (χ0v) is 12.7. The largest absolute Gasteiger partial charge is 0.496 e. The molecular weight excluding hydrogens is 319 g/mol. The predicted octanol–water partition coefficient (Wildman–Crippen LogP) is 3.17. The van der Waals surface area contributed by atoms with Gasteiger partial charge in [0.2, 0.25) is 0 Å². The number of benzene rings is 1. The Labute approximate surface area is 132 Å². The van der Waals surface area contributed by atoms with Gasteiger partial charge in [-0.3, -0.25) is 4.68 Å². The van der Waals surface area contributed by atoms with Crippen LogP contribution in [0, 0.1) is 0 Å². The zero-order valence-electron chi connectivity index (χ0n) is 11.9. The Hall–Kier alpha value is -1.73. The van der Waals surface area contributed by atoms with Crippen LogP contribution in [0.3, 0.4) is 0 Å².